The van der Waals surface area contributed by atoms with Crippen molar-refractivity contribution in [2.75, 3.05) is 9.80 Å². The average molecular weight is 1830 g/mol. The lowest BCUT2D eigenvalue weighted by Crippen LogP contribution is -2.48. The Kier molecular flexibility index (Phi) is 29.1. The molecule has 0 N–H and O–H groups in total. The quantitative estimate of drug-likeness (QED) is 0.0656. The molecule has 0 radical (unpaired) electrons. The van der Waals surface area contributed by atoms with Crippen molar-refractivity contribution in [3.63, 3.8) is 0 Å². The van der Waals surface area contributed by atoms with E-state index >= 15 is 0 Å². The fourth-order valence-electron chi connectivity index (χ4n) is 20.3. The SMILES string of the molecule is CCC(C)(C)C1CCCCCc2nnn(C(C)(C)CC)c21.CCC(C)(C)C[C@H]1[C@@H]2CCc3nnn(C(C)(C)CC)c3CC[C@@H]21.CCC(C)(C)N1C(=O)c2ccccc2-c2c(nnn2C(C)(C)CC)-c2ccccc21.CCC(C)(C)N1Cc2ccccc2-c2c(nnn2C(C)(C)CC)-c2ccccc21.CCC(C)(C)n1nnc2c1-c1ccccc1-c1nnn(C(C)(C)CC)c1-c1ccccc1-2. The molecule has 4 aliphatic carbocycles. The van der Waals surface area contributed by atoms with Crippen LogP contribution in [0, 0.1) is 28.6 Å². The summed E-state index contributed by atoms with van der Waals surface area (Å²) in [5, 5.41) is 55.8. The number of amides is 1. The zero-order valence-electron chi connectivity index (χ0n) is 87.9. The monoisotopic (exact) mass is 1830 g/mol. The van der Waals surface area contributed by atoms with Crippen molar-refractivity contribution >= 4 is 17.3 Å². The summed E-state index contributed by atoms with van der Waals surface area (Å²) in [6, 6.07) is 50.2. The Bertz CT molecular complexity index is 6030. The van der Waals surface area contributed by atoms with Gasteiger partial charge in [-0.3, -0.25) is 4.79 Å². The zero-order valence-corrected chi connectivity index (χ0v) is 87.9. The Hall–Kier alpha value is -10.6. The lowest BCUT2D eigenvalue weighted by Gasteiger charge is -2.42. The predicted molar refractivity (Wildman–Crippen MR) is 555 cm³/mol. The van der Waals surface area contributed by atoms with Crippen LogP contribution in [0.3, 0.4) is 0 Å². The van der Waals surface area contributed by atoms with Gasteiger partial charge in [0, 0.05) is 79.3 Å². The average Bonchev–Trinajstić information content (AvgIpc) is 1.56. The van der Waals surface area contributed by atoms with Gasteiger partial charge in [0.2, 0.25) is 0 Å². The molecule has 12 aromatic rings. The minimum atomic E-state index is -0.351. The van der Waals surface area contributed by atoms with Crippen molar-refractivity contribution < 1.29 is 4.79 Å². The molecule has 135 heavy (non-hydrogen) atoms. The standard InChI is InChI=1S/C26H30N6.C25H30N4O.C25H32N4.C20H35N3.C18H33N3/c1-7-25(3,4)31-23-19-15-11-9-13-17(19)22-24(32(30-28-22)26(5,6)8-2)20-16-12-10-14-18(20)21(23)27-29-31;1-7-24(3,4)28-20-16-12-11-15-19(20)21-22(29(27-26-21)25(5,6)8-2)17-13-9-10-14-18(17)23(28)30;1-7-24(3,4)28-17-18-13-9-10-14-19(18)23-22(20-15-11-12-16-21(20)28)26-27-29(23)25(5,6)8-2;1-7-19(3,4)13-16-14-9-11-17-18(12-10-15(14)16)23(22-21-17)20(5,6)8-2;1-7-17(3,4)14-12-10-9-11-13-15-16(14)21(20-19-15)18(5,6)8-2/h9-16H,7-8H2,1-6H3;9-16H,7-8H2,1-6H3;9-16H,7-8,17H2,1-6H3;14-16H,7-13H2,1-6H3;14H,7-13H2,1-6H3/t;;;14-,15+,16+;/m...1./s1. The van der Waals surface area contributed by atoms with Crippen LogP contribution in [0.4, 0.5) is 11.4 Å². The first-order chi connectivity index (χ1) is 63.9. The van der Waals surface area contributed by atoms with Crippen LogP contribution >= 0.6 is 0 Å². The van der Waals surface area contributed by atoms with E-state index in [1.807, 2.05) is 58.1 Å². The van der Waals surface area contributed by atoms with Crippen LogP contribution in [-0.2, 0) is 59.0 Å². The summed E-state index contributed by atoms with van der Waals surface area (Å²) in [6.07, 6.45) is 23.1. The first kappa shape index (κ1) is 100. The largest absolute Gasteiger partial charge is 0.362 e. The molecule has 0 spiro atoms. The third-order valence-electron chi connectivity index (χ3n) is 33.2. The van der Waals surface area contributed by atoms with Crippen molar-refractivity contribution in [2.45, 2.75) is 393 Å². The van der Waals surface area contributed by atoms with E-state index in [-0.39, 0.29) is 50.2 Å². The summed E-state index contributed by atoms with van der Waals surface area (Å²) in [4.78, 5) is 18.5. The van der Waals surface area contributed by atoms with Gasteiger partial charge in [-0.2, -0.15) is 0 Å². The second-order valence-corrected chi connectivity index (χ2v) is 45.7. The number of hydrogen-bond acceptors (Lipinski definition) is 14. The number of aryl methyl sites for hydroxylation is 2. The highest BCUT2D eigenvalue weighted by Crippen LogP contribution is 2.59. The van der Waals surface area contributed by atoms with Crippen LogP contribution in [0.5, 0.6) is 0 Å². The third-order valence-corrected chi connectivity index (χ3v) is 33.2. The van der Waals surface area contributed by atoms with Gasteiger partial charge >= 0.3 is 0 Å². The van der Waals surface area contributed by atoms with Crippen LogP contribution in [0.25, 0.3) is 90.1 Å². The van der Waals surface area contributed by atoms with Crippen LogP contribution in [0.1, 0.15) is 361 Å². The number of carbonyl (C=O) groups is 1. The number of anilines is 2. The fourth-order valence-corrected chi connectivity index (χ4v) is 20.3. The molecular weight excluding hydrogens is 1670 g/mol. The van der Waals surface area contributed by atoms with Gasteiger partial charge in [0.25, 0.3) is 5.91 Å². The smallest absolute Gasteiger partial charge is 0.259 e. The van der Waals surface area contributed by atoms with E-state index in [1.54, 1.807) is 0 Å². The molecular formula is C114H160N20O. The Morgan fingerprint density at radius 3 is 1.12 bits per heavy atom. The van der Waals surface area contributed by atoms with E-state index in [0.29, 0.717) is 22.3 Å². The molecule has 0 saturated heterocycles. The number of hydrogen-bond donors (Lipinski definition) is 0. The van der Waals surface area contributed by atoms with Crippen LogP contribution < -0.4 is 9.80 Å². The van der Waals surface area contributed by atoms with Crippen molar-refractivity contribution in [1.29, 1.82) is 0 Å². The Morgan fingerprint density at radius 1 is 0.304 bits per heavy atom. The Morgan fingerprint density at radius 2 is 0.659 bits per heavy atom. The van der Waals surface area contributed by atoms with E-state index in [9.17, 15) is 4.79 Å². The molecule has 0 bridgehead atoms. The number of carbonyl (C=O) groups excluding carboxylic acids is 1. The predicted octanol–water partition coefficient (Wildman–Crippen LogP) is 28.4. The number of benzene rings is 6. The molecule has 6 aromatic carbocycles. The molecule has 21 heteroatoms. The first-order valence-corrected chi connectivity index (χ1v) is 51.4. The number of nitrogens with zero attached hydrogens (tertiary/aromatic N) is 20. The molecule has 1 unspecified atom stereocenters. The summed E-state index contributed by atoms with van der Waals surface area (Å²) in [5.74, 6) is 3.48. The topological polar surface area (TPSA) is 208 Å². The summed E-state index contributed by atoms with van der Waals surface area (Å²) in [5.41, 5.74) is 25.8. The van der Waals surface area contributed by atoms with Gasteiger partial charge in [0.05, 0.1) is 84.5 Å². The second-order valence-electron chi connectivity index (χ2n) is 45.7. The van der Waals surface area contributed by atoms with Crippen molar-refractivity contribution in [3.05, 3.63) is 179 Å². The molecule has 21 nitrogen and oxygen atoms in total. The number of rotatable bonds is 21. The molecule has 1 fully saturated rings. The van der Waals surface area contributed by atoms with Gasteiger partial charge in [-0.05, 0) is 266 Å². The maximum atomic E-state index is 14.0. The molecule has 722 valence electrons. The number of fused-ring (bicyclic) bond motifs is 21. The van der Waals surface area contributed by atoms with E-state index in [2.05, 4.69) is 380 Å². The minimum Gasteiger partial charge on any atom is -0.362 e. The molecule has 4 atom stereocenters. The van der Waals surface area contributed by atoms with Crippen LogP contribution in [0.2, 0.25) is 0 Å². The zero-order chi connectivity index (χ0) is 97.7. The summed E-state index contributed by atoms with van der Waals surface area (Å²) in [6.45, 7) is 68.5. The Labute approximate surface area is 808 Å². The lowest BCUT2D eigenvalue weighted by atomic mass is 9.71. The van der Waals surface area contributed by atoms with Crippen molar-refractivity contribution in [1.82, 2.24) is 90.0 Å². The molecule has 6 aliphatic rings. The van der Waals surface area contributed by atoms with Gasteiger partial charge in [-0.1, -0.05) is 281 Å². The van der Waals surface area contributed by atoms with Gasteiger partial charge in [-0.15, -0.1) is 30.6 Å². The highest BCUT2D eigenvalue weighted by Gasteiger charge is 2.52. The first-order valence-electron chi connectivity index (χ1n) is 51.4. The van der Waals surface area contributed by atoms with Gasteiger partial charge in [0.15, 0.2) is 0 Å². The summed E-state index contributed by atoms with van der Waals surface area (Å²) in [7, 11) is 0. The second kappa shape index (κ2) is 39.1. The number of para-hydroxylation sites is 2. The van der Waals surface area contributed by atoms with Gasteiger partial charge < -0.3 is 9.80 Å². The fraction of sp³-hybridized carbons (Fsp3) is 0.570. The van der Waals surface area contributed by atoms with Crippen molar-refractivity contribution in [2.24, 2.45) is 28.6 Å². The maximum Gasteiger partial charge on any atom is 0.259 e. The molecule has 1 saturated carbocycles. The highest BCUT2D eigenvalue weighted by molar-refractivity contribution is 6.15. The minimum absolute atomic E-state index is 0.0117. The van der Waals surface area contributed by atoms with E-state index in [4.69, 9.17) is 15.3 Å². The summed E-state index contributed by atoms with van der Waals surface area (Å²) >= 11 is 0. The molecule has 6 aromatic heterocycles. The maximum absolute atomic E-state index is 14.0. The highest BCUT2D eigenvalue weighted by atomic mass is 16.2. The number of aromatic nitrogens is 18. The summed E-state index contributed by atoms with van der Waals surface area (Å²) < 4.78 is 12.8. The van der Waals surface area contributed by atoms with Gasteiger partial charge in [-0.25, -0.2) is 28.1 Å². The van der Waals surface area contributed by atoms with E-state index in [1.165, 1.54) is 104 Å². The van der Waals surface area contributed by atoms with Crippen LogP contribution in [-0.4, -0.2) is 107 Å². The normalized spacial score (nSPS) is 17.1. The van der Waals surface area contributed by atoms with E-state index in [0.717, 1.165) is 179 Å². The van der Waals surface area contributed by atoms with Crippen molar-refractivity contribution in [3.8, 4) is 90.1 Å². The lowest BCUT2D eigenvalue weighted by molar-refractivity contribution is 0.0961. The molecule has 8 heterocycles. The molecule has 1 amide bonds. The third kappa shape index (κ3) is 19.4. The van der Waals surface area contributed by atoms with Crippen LogP contribution in [0.15, 0.2) is 146 Å². The molecule has 2 aliphatic heterocycles. The van der Waals surface area contributed by atoms with Gasteiger partial charge in [0.1, 0.15) is 22.8 Å². The van der Waals surface area contributed by atoms with E-state index < -0.39 is 0 Å². The molecule has 18 rings (SSSR count). The Balaban J connectivity index is 0.000000136.